The highest BCUT2D eigenvalue weighted by atomic mass is 35.5. The number of benzene rings is 1. The highest BCUT2D eigenvalue weighted by Crippen LogP contribution is 2.31. The molecule has 1 aliphatic rings. The van der Waals surface area contributed by atoms with Gasteiger partial charge in [-0.05, 0) is 34.9 Å². The molecular weight excluding hydrogens is 376 g/mol. The molecule has 0 N–H and O–H groups in total. The van der Waals surface area contributed by atoms with Gasteiger partial charge < -0.3 is 14.4 Å². The number of hydrogen-bond donors (Lipinski definition) is 0. The number of aromatic nitrogens is 3. The minimum atomic E-state index is 0.574. The van der Waals surface area contributed by atoms with Gasteiger partial charge >= 0.3 is 0 Å². The average molecular weight is 397 g/mol. The zero-order valence-corrected chi connectivity index (χ0v) is 16.4. The number of morpholine rings is 1. The van der Waals surface area contributed by atoms with E-state index in [0.717, 1.165) is 54.5 Å². The normalized spacial score (nSPS) is 14.1. The molecule has 0 saturated carbocycles. The predicted molar refractivity (Wildman–Crippen MR) is 109 cm³/mol. The van der Waals surface area contributed by atoms with Crippen molar-refractivity contribution in [3.8, 4) is 17.0 Å². The lowest BCUT2D eigenvalue weighted by Crippen LogP contribution is -2.37. The fourth-order valence-electron chi connectivity index (χ4n) is 3.22. The Morgan fingerprint density at radius 2 is 1.79 bits per heavy atom. The number of pyridine rings is 1. The van der Waals surface area contributed by atoms with Gasteiger partial charge in [0.2, 0.25) is 11.8 Å². The van der Waals surface area contributed by atoms with Gasteiger partial charge in [-0.15, -0.1) is 0 Å². The van der Waals surface area contributed by atoms with E-state index in [-0.39, 0.29) is 0 Å². The molecule has 0 atom stereocenters. The molecule has 1 aliphatic heterocycles. The molecule has 28 heavy (non-hydrogen) atoms. The molecule has 0 aliphatic carbocycles. The van der Waals surface area contributed by atoms with Crippen LogP contribution in [0.25, 0.3) is 11.1 Å². The van der Waals surface area contributed by atoms with Gasteiger partial charge in [-0.2, -0.15) is 0 Å². The lowest BCUT2D eigenvalue weighted by molar-refractivity contribution is 0.122. The lowest BCUT2D eigenvalue weighted by atomic mass is 10.0. The zero-order chi connectivity index (χ0) is 19.3. The van der Waals surface area contributed by atoms with Crippen LogP contribution in [0.3, 0.4) is 0 Å². The summed E-state index contributed by atoms with van der Waals surface area (Å²) < 4.78 is 10.8. The molecule has 1 saturated heterocycles. The van der Waals surface area contributed by atoms with E-state index in [9.17, 15) is 0 Å². The number of anilines is 1. The maximum atomic E-state index is 6.15. The number of rotatable bonds is 5. The molecule has 6 nitrogen and oxygen atoms in total. The second kappa shape index (κ2) is 8.54. The van der Waals surface area contributed by atoms with Crippen LogP contribution >= 0.6 is 11.6 Å². The Kier molecular flexibility index (Phi) is 5.69. The summed E-state index contributed by atoms with van der Waals surface area (Å²) in [4.78, 5) is 15.6. The third kappa shape index (κ3) is 4.24. The first-order valence-corrected chi connectivity index (χ1v) is 9.53. The van der Waals surface area contributed by atoms with Crippen LogP contribution in [0.5, 0.6) is 5.88 Å². The van der Waals surface area contributed by atoms with Crippen LogP contribution in [0.1, 0.15) is 11.1 Å². The van der Waals surface area contributed by atoms with Crippen LogP contribution in [0, 0.1) is 0 Å². The summed E-state index contributed by atoms with van der Waals surface area (Å²) >= 11 is 6.15. The fourth-order valence-corrected chi connectivity index (χ4v) is 3.41. The Labute approximate surface area is 169 Å². The van der Waals surface area contributed by atoms with Crippen LogP contribution in [0.2, 0.25) is 5.02 Å². The van der Waals surface area contributed by atoms with Gasteiger partial charge in [-0.25, -0.2) is 15.0 Å². The van der Waals surface area contributed by atoms with E-state index in [4.69, 9.17) is 21.1 Å². The minimum absolute atomic E-state index is 0.574. The van der Waals surface area contributed by atoms with Crippen molar-refractivity contribution in [2.75, 3.05) is 38.3 Å². The second-order valence-electron chi connectivity index (χ2n) is 6.58. The highest BCUT2D eigenvalue weighted by molar-refractivity contribution is 6.30. The number of ether oxygens (including phenoxy) is 2. The van der Waals surface area contributed by atoms with E-state index < -0.39 is 0 Å². The average Bonchev–Trinajstić information content (AvgIpc) is 2.75. The summed E-state index contributed by atoms with van der Waals surface area (Å²) in [6.45, 7) is 3.08. The van der Waals surface area contributed by atoms with E-state index in [1.54, 1.807) is 7.11 Å². The first-order valence-electron chi connectivity index (χ1n) is 9.15. The minimum Gasteiger partial charge on any atom is -0.481 e. The molecule has 0 amide bonds. The fraction of sp³-hybridized carbons (Fsp3) is 0.286. The van der Waals surface area contributed by atoms with Crippen LogP contribution in [-0.4, -0.2) is 48.4 Å². The van der Waals surface area contributed by atoms with Crippen molar-refractivity contribution in [2.24, 2.45) is 0 Å². The summed E-state index contributed by atoms with van der Waals surface area (Å²) in [6, 6.07) is 9.75. The summed E-state index contributed by atoms with van der Waals surface area (Å²) in [6.07, 6.45) is 6.26. The molecule has 0 bridgehead atoms. The van der Waals surface area contributed by atoms with Crippen molar-refractivity contribution in [3.05, 3.63) is 65.1 Å². The van der Waals surface area contributed by atoms with Crippen molar-refractivity contribution < 1.29 is 9.47 Å². The van der Waals surface area contributed by atoms with Gasteiger partial charge in [0.05, 0.1) is 20.3 Å². The van der Waals surface area contributed by atoms with E-state index in [0.29, 0.717) is 17.3 Å². The van der Waals surface area contributed by atoms with E-state index in [1.165, 1.54) is 0 Å². The maximum Gasteiger partial charge on any atom is 0.225 e. The Morgan fingerprint density at radius 1 is 1.04 bits per heavy atom. The predicted octanol–water partition coefficient (Wildman–Crippen LogP) is 3.63. The molecule has 144 valence electrons. The van der Waals surface area contributed by atoms with Crippen molar-refractivity contribution in [2.45, 2.75) is 6.42 Å². The summed E-state index contributed by atoms with van der Waals surface area (Å²) in [7, 11) is 1.62. The molecule has 0 radical (unpaired) electrons. The standard InChI is InChI=1S/C21H21ClN4O2/c1-27-20-19(17-3-2-4-18(22)11-17)10-15(12-23-20)9-16-13-24-21(25-14-16)26-5-7-28-8-6-26/h2-4,10-14H,5-9H2,1H3. The first kappa shape index (κ1) is 18.7. The van der Waals surface area contributed by atoms with Gasteiger partial charge in [0.15, 0.2) is 0 Å². The van der Waals surface area contributed by atoms with Gasteiger partial charge in [-0.1, -0.05) is 23.7 Å². The summed E-state index contributed by atoms with van der Waals surface area (Å²) in [5.41, 5.74) is 3.96. The quantitative estimate of drug-likeness (QED) is 0.656. The SMILES string of the molecule is COc1ncc(Cc2cnc(N3CCOCC3)nc2)cc1-c1cccc(Cl)c1. The lowest BCUT2D eigenvalue weighted by Gasteiger charge is -2.26. The number of nitrogens with zero attached hydrogens (tertiary/aromatic N) is 4. The molecule has 1 aromatic carbocycles. The van der Waals surface area contributed by atoms with Crippen LogP contribution in [0.4, 0.5) is 5.95 Å². The van der Waals surface area contributed by atoms with Gasteiger partial charge in [0.1, 0.15) is 0 Å². The third-order valence-corrected chi connectivity index (χ3v) is 4.87. The number of halogens is 1. The summed E-state index contributed by atoms with van der Waals surface area (Å²) in [5.74, 6) is 1.32. The number of hydrogen-bond acceptors (Lipinski definition) is 6. The Balaban J connectivity index is 1.55. The van der Waals surface area contributed by atoms with E-state index in [1.807, 2.05) is 42.9 Å². The van der Waals surface area contributed by atoms with Gasteiger partial charge in [-0.3, -0.25) is 0 Å². The Hall–Kier alpha value is -2.70. The monoisotopic (exact) mass is 396 g/mol. The third-order valence-electron chi connectivity index (χ3n) is 4.63. The molecule has 7 heteroatoms. The van der Waals surface area contributed by atoms with Crippen LogP contribution in [-0.2, 0) is 11.2 Å². The second-order valence-corrected chi connectivity index (χ2v) is 7.01. The van der Waals surface area contributed by atoms with E-state index >= 15 is 0 Å². The van der Waals surface area contributed by atoms with Crippen molar-refractivity contribution in [3.63, 3.8) is 0 Å². The Bertz CT molecular complexity index is 943. The van der Waals surface area contributed by atoms with Gasteiger partial charge in [0.25, 0.3) is 0 Å². The van der Waals surface area contributed by atoms with Gasteiger partial charge in [0, 0.05) is 48.7 Å². The molecular formula is C21H21ClN4O2. The van der Waals surface area contributed by atoms with Crippen molar-refractivity contribution >= 4 is 17.5 Å². The number of methoxy groups -OCH3 is 1. The first-order chi connectivity index (χ1) is 13.7. The molecule has 3 heterocycles. The van der Waals surface area contributed by atoms with Crippen molar-refractivity contribution in [1.29, 1.82) is 0 Å². The van der Waals surface area contributed by atoms with Crippen molar-refractivity contribution in [1.82, 2.24) is 15.0 Å². The molecule has 3 aromatic rings. The summed E-state index contributed by atoms with van der Waals surface area (Å²) in [5, 5.41) is 0.678. The smallest absolute Gasteiger partial charge is 0.225 e. The molecule has 4 rings (SSSR count). The topological polar surface area (TPSA) is 60.4 Å². The van der Waals surface area contributed by atoms with Crippen LogP contribution < -0.4 is 9.64 Å². The van der Waals surface area contributed by atoms with E-state index in [2.05, 4.69) is 25.9 Å². The molecule has 0 unspecified atom stereocenters. The Morgan fingerprint density at radius 3 is 2.50 bits per heavy atom. The zero-order valence-electron chi connectivity index (χ0n) is 15.6. The maximum absolute atomic E-state index is 6.15. The highest BCUT2D eigenvalue weighted by Gasteiger charge is 2.14. The molecule has 0 spiro atoms. The molecule has 1 fully saturated rings. The largest absolute Gasteiger partial charge is 0.481 e. The molecule has 2 aromatic heterocycles. The van der Waals surface area contributed by atoms with Crippen LogP contribution in [0.15, 0.2) is 48.9 Å².